The molecule has 0 amide bonds. The van der Waals surface area contributed by atoms with Crippen LogP contribution in [0.25, 0.3) is 6.08 Å². The highest BCUT2D eigenvalue weighted by Crippen LogP contribution is 2.32. The molecule has 36 heavy (non-hydrogen) atoms. The Morgan fingerprint density at radius 1 is 0.917 bits per heavy atom. The summed E-state index contributed by atoms with van der Waals surface area (Å²) in [6.45, 7) is 3.58. The average Bonchev–Trinajstić information content (AvgIpc) is 2.86. The van der Waals surface area contributed by atoms with Crippen LogP contribution in [0.1, 0.15) is 48.0 Å². The fourth-order valence-corrected chi connectivity index (χ4v) is 4.08. The van der Waals surface area contributed by atoms with Crippen LogP contribution in [-0.4, -0.2) is 31.1 Å². The number of esters is 3. The van der Waals surface area contributed by atoms with Gasteiger partial charge in [-0.05, 0) is 80.0 Å². The summed E-state index contributed by atoms with van der Waals surface area (Å²) >= 11 is 0. The maximum atomic E-state index is 12.4. The van der Waals surface area contributed by atoms with Crippen molar-refractivity contribution in [1.82, 2.24) is 0 Å². The number of hydrogen-bond donors (Lipinski definition) is 2. The minimum absolute atomic E-state index is 0.0661. The summed E-state index contributed by atoms with van der Waals surface area (Å²) in [6.07, 6.45) is 9.51. The molecule has 0 saturated heterocycles. The van der Waals surface area contributed by atoms with Crippen LogP contribution in [0, 0.1) is 11.8 Å². The highest BCUT2D eigenvalue weighted by Gasteiger charge is 2.27. The van der Waals surface area contributed by atoms with Crippen molar-refractivity contribution in [3.8, 4) is 5.75 Å². The van der Waals surface area contributed by atoms with E-state index in [0.717, 1.165) is 37.7 Å². The lowest BCUT2D eigenvalue weighted by molar-refractivity contribution is -0.140. The van der Waals surface area contributed by atoms with Crippen LogP contribution in [-0.2, 0) is 19.1 Å². The molecule has 2 aromatic rings. The summed E-state index contributed by atoms with van der Waals surface area (Å²) in [5, 5.41) is 0. The lowest BCUT2D eigenvalue weighted by Crippen LogP contribution is -2.25. The fraction of sp³-hybridized carbons (Fsp3) is 0.321. The number of allylic oxidation sites excluding steroid dienone is 1. The van der Waals surface area contributed by atoms with Gasteiger partial charge < -0.3 is 25.7 Å². The minimum atomic E-state index is -0.609. The van der Waals surface area contributed by atoms with Crippen molar-refractivity contribution < 1.29 is 28.6 Å². The topological polar surface area (TPSA) is 131 Å². The summed E-state index contributed by atoms with van der Waals surface area (Å²) in [5.74, 6) is -0.365. The number of carbonyl (C=O) groups excluding carboxylic acids is 3. The molecule has 0 spiro atoms. The van der Waals surface area contributed by atoms with E-state index < -0.39 is 11.9 Å². The Kier molecular flexibility index (Phi) is 9.68. The second-order valence-electron chi connectivity index (χ2n) is 8.76. The standard InChI is InChI=1S/C28H32N2O6/c1-2-3-19-4-9-21(10-5-19)28(33)36-25-11-6-20(7-12-25)8-13-26(31)34-14-15-35-27(32)22-16-23(29)18-24(30)17-22/h2,6-8,11-13,16-19,21H,1,3-5,9-10,14-15,29-30H2/b13-8+. The molecule has 190 valence electrons. The van der Waals surface area contributed by atoms with E-state index in [2.05, 4.69) is 6.58 Å². The quantitative estimate of drug-likeness (QED) is 0.123. The average molecular weight is 493 g/mol. The van der Waals surface area contributed by atoms with E-state index in [1.807, 2.05) is 6.08 Å². The number of carbonyl (C=O) groups is 3. The van der Waals surface area contributed by atoms with Crippen molar-refractivity contribution in [3.05, 3.63) is 72.3 Å². The third-order valence-electron chi connectivity index (χ3n) is 5.96. The molecule has 3 rings (SSSR count). The number of ether oxygens (including phenoxy) is 3. The Morgan fingerprint density at radius 3 is 2.19 bits per heavy atom. The normalized spacial score (nSPS) is 17.3. The number of nitrogen functional groups attached to an aromatic ring is 2. The highest BCUT2D eigenvalue weighted by atomic mass is 16.6. The first-order valence-electron chi connectivity index (χ1n) is 11.9. The SMILES string of the molecule is C=CCC1CCC(C(=O)Oc2ccc(/C=C/C(=O)OCCOC(=O)c3cc(N)cc(N)c3)cc2)CC1. The van der Waals surface area contributed by atoms with Crippen molar-refractivity contribution in [2.75, 3.05) is 24.7 Å². The van der Waals surface area contributed by atoms with Gasteiger partial charge in [0, 0.05) is 17.5 Å². The van der Waals surface area contributed by atoms with E-state index >= 15 is 0 Å². The van der Waals surface area contributed by atoms with Gasteiger partial charge in [0.1, 0.15) is 19.0 Å². The molecule has 1 aliphatic rings. The van der Waals surface area contributed by atoms with Crippen molar-refractivity contribution >= 4 is 35.4 Å². The van der Waals surface area contributed by atoms with Crippen LogP contribution < -0.4 is 16.2 Å². The van der Waals surface area contributed by atoms with E-state index in [1.54, 1.807) is 30.3 Å². The van der Waals surface area contributed by atoms with Gasteiger partial charge in [0.15, 0.2) is 0 Å². The van der Waals surface area contributed by atoms with Crippen LogP contribution in [0.5, 0.6) is 5.75 Å². The van der Waals surface area contributed by atoms with Gasteiger partial charge in [0.05, 0.1) is 11.5 Å². The van der Waals surface area contributed by atoms with Crippen LogP contribution in [0.15, 0.2) is 61.2 Å². The second kappa shape index (κ2) is 13.1. The van der Waals surface area contributed by atoms with E-state index in [-0.39, 0.29) is 30.7 Å². The molecule has 0 atom stereocenters. The molecule has 0 radical (unpaired) electrons. The molecular formula is C28H32N2O6. The van der Waals surface area contributed by atoms with Crippen molar-refractivity contribution in [3.63, 3.8) is 0 Å². The first-order valence-corrected chi connectivity index (χ1v) is 11.9. The molecule has 0 aliphatic heterocycles. The maximum absolute atomic E-state index is 12.4. The Morgan fingerprint density at radius 2 is 1.56 bits per heavy atom. The number of anilines is 2. The summed E-state index contributed by atoms with van der Waals surface area (Å²) in [5.41, 5.74) is 13.0. The number of hydrogen-bond acceptors (Lipinski definition) is 8. The van der Waals surface area contributed by atoms with E-state index in [4.69, 9.17) is 25.7 Å². The lowest BCUT2D eigenvalue weighted by Gasteiger charge is -2.26. The van der Waals surface area contributed by atoms with Crippen LogP contribution in [0.4, 0.5) is 11.4 Å². The molecule has 1 fully saturated rings. The number of rotatable bonds is 10. The van der Waals surface area contributed by atoms with E-state index in [9.17, 15) is 14.4 Å². The second-order valence-corrected chi connectivity index (χ2v) is 8.76. The van der Waals surface area contributed by atoms with Crippen molar-refractivity contribution in [1.29, 1.82) is 0 Å². The van der Waals surface area contributed by atoms with Gasteiger partial charge in [-0.2, -0.15) is 0 Å². The zero-order valence-electron chi connectivity index (χ0n) is 20.2. The van der Waals surface area contributed by atoms with Gasteiger partial charge in [-0.3, -0.25) is 4.79 Å². The van der Waals surface area contributed by atoms with Crippen molar-refractivity contribution in [2.45, 2.75) is 32.1 Å². The Bertz CT molecular complexity index is 1080. The summed E-state index contributed by atoms with van der Waals surface area (Å²) in [4.78, 5) is 36.4. The lowest BCUT2D eigenvalue weighted by atomic mass is 9.80. The highest BCUT2D eigenvalue weighted by molar-refractivity contribution is 5.91. The van der Waals surface area contributed by atoms with Gasteiger partial charge in [0.2, 0.25) is 0 Å². The monoisotopic (exact) mass is 492 g/mol. The first-order chi connectivity index (χ1) is 17.3. The molecule has 0 aromatic heterocycles. The van der Waals surface area contributed by atoms with Gasteiger partial charge in [0.25, 0.3) is 0 Å². The van der Waals surface area contributed by atoms with Gasteiger partial charge >= 0.3 is 17.9 Å². The molecule has 0 unspecified atom stereocenters. The smallest absolute Gasteiger partial charge is 0.338 e. The molecule has 0 heterocycles. The minimum Gasteiger partial charge on any atom is -0.459 e. The summed E-state index contributed by atoms with van der Waals surface area (Å²) in [7, 11) is 0. The molecule has 1 aliphatic carbocycles. The first kappa shape index (κ1) is 26.5. The molecule has 0 bridgehead atoms. The predicted molar refractivity (Wildman–Crippen MR) is 138 cm³/mol. The van der Waals surface area contributed by atoms with E-state index in [0.29, 0.717) is 23.0 Å². The predicted octanol–water partition coefficient (Wildman–Crippen LogP) is 4.55. The largest absolute Gasteiger partial charge is 0.459 e. The summed E-state index contributed by atoms with van der Waals surface area (Å²) < 4.78 is 15.6. The number of nitrogens with two attached hydrogens (primary N) is 2. The van der Waals surface area contributed by atoms with Crippen LogP contribution in [0.3, 0.4) is 0 Å². The molecule has 8 heteroatoms. The molecule has 4 N–H and O–H groups in total. The van der Waals surface area contributed by atoms with Crippen molar-refractivity contribution in [2.24, 2.45) is 11.8 Å². The molecule has 8 nitrogen and oxygen atoms in total. The number of benzene rings is 2. The Hall–Kier alpha value is -4.07. The molecular weight excluding hydrogens is 460 g/mol. The van der Waals surface area contributed by atoms with Crippen LogP contribution in [0.2, 0.25) is 0 Å². The Labute approximate surface area is 210 Å². The fourth-order valence-electron chi connectivity index (χ4n) is 4.08. The zero-order chi connectivity index (χ0) is 25.9. The van der Waals surface area contributed by atoms with Gasteiger partial charge in [-0.1, -0.05) is 18.2 Å². The molecule has 1 saturated carbocycles. The maximum Gasteiger partial charge on any atom is 0.338 e. The molecule has 2 aromatic carbocycles. The van der Waals surface area contributed by atoms with E-state index in [1.165, 1.54) is 24.3 Å². The zero-order valence-corrected chi connectivity index (χ0v) is 20.2. The van der Waals surface area contributed by atoms with Crippen LogP contribution >= 0.6 is 0 Å². The van der Waals surface area contributed by atoms with Gasteiger partial charge in [-0.15, -0.1) is 6.58 Å². The Balaban J connectivity index is 1.37. The third-order valence-corrected chi connectivity index (χ3v) is 5.96. The van der Waals surface area contributed by atoms with Gasteiger partial charge in [-0.25, -0.2) is 9.59 Å². The summed E-state index contributed by atoms with van der Waals surface area (Å²) in [6, 6.07) is 11.3. The third kappa shape index (κ3) is 8.30.